The maximum absolute atomic E-state index is 12.0. The van der Waals surface area contributed by atoms with Crippen LogP contribution in [0.3, 0.4) is 0 Å². The number of benzene rings is 1. The number of carboxylic acids is 1. The van der Waals surface area contributed by atoms with Gasteiger partial charge in [-0.3, -0.25) is 9.59 Å². The first-order chi connectivity index (χ1) is 12.3. The monoisotopic (exact) mass is 384 g/mol. The molecule has 0 aliphatic carbocycles. The number of ether oxygens (including phenoxy) is 1. The SMILES string of the molecule is CCOc1ccc(CC(CNC(=O)CN2CCCS2(=O)=O)C(=O)O)cc1. The average molecular weight is 384 g/mol. The largest absolute Gasteiger partial charge is 0.494 e. The Balaban J connectivity index is 1.87. The number of sulfonamides is 1. The van der Waals surface area contributed by atoms with Crippen LogP contribution in [0.1, 0.15) is 18.9 Å². The lowest BCUT2D eigenvalue weighted by atomic mass is 9.99. The Bertz CT molecular complexity index is 732. The van der Waals surface area contributed by atoms with E-state index in [0.29, 0.717) is 25.3 Å². The molecule has 0 saturated carbocycles. The summed E-state index contributed by atoms with van der Waals surface area (Å²) < 4.78 is 29.9. The van der Waals surface area contributed by atoms with Crippen LogP contribution in [0.2, 0.25) is 0 Å². The minimum absolute atomic E-state index is 0.0514. The topological polar surface area (TPSA) is 113 Å². The number of rotatable bonds is 9. The highest BCUT2D eigenvalue weighted by Gasteiger charge is 2.30. The molecule has 1 fully saturated rings. The van der Waals surface area contributed by atoms with Crippen LogP contribution >= 0.6 is 0 Å². The fourth-order valence-corrected chi connectivity index (χ4v) is 4.22. The molecule has 26 heavy (non-hydrogen) atoms. The second kappa shape index (κ2) is 9.00. The minimum Gasteiger partial charge on any atom is -0.494 e. The zero-order chi connectivity index (χ0) is 19.2. The van der Waals surface area contributed by atoms with Crippen molar-refractivity contribution in [3.05, 3.63) is 29.8 Å². The summed E-state index contributed by atoms with van der Waals surface area (Å²) in [6, 6.07) is 7.13. The molecule has 1 saturated heterocycles. The lowest BCUT2D eigenvalue weighted by Gasteiger charge is -2.17. The summed E-state index contributed by atoms with van der Waals surface area (Å²) in [4.78, 5) is 23.4. The molecular formula is C17H24N2O6S. The van der Waals surface area contributed by atoms with Crippen LogP contribution in [0.15, 0.2) is 24.3 Å². The first-order valence-corrected chi connectivity index (χ1v) is 10.1. The van der Waals surface area contributed by atoms with E-state index in [2.05, 4.69) is 5.32 Å². The van der Waals surface area contributed by atoms with Gasteiger partial charge in [0.2, 0.25) is 15.9 Å². The van der Waals surface area contributed by atoms with E-state index in [1.807, 2.05) is 6.92 Å². The van der Waals surface area contributed by atoms with Crippen molar-refractivity contribution in [3.8, 4) is 5.75 Å². The van der Waals surface area contributed by atoms with Gasteiger partial charge in [-0.1, -0.05) is 12.1 Å². The Kier molecular flexibility index (Phi) is 6.98. The van der Waals surface area contributed by atoms with Crippen LogP contribution in [-0.2, 0) is 26.0 Å². The molecule has 1 aromatic carbocycles. The van der Waals surface area contributed by atoms with Crippen molar-refractivity contribution >= 4 is 21.9 Å². The predicted octanol–water partition coefficient (Wildman–Crippen LogP) is 0.480. The summed E-state index contributed by atoms with van der Waals surface area (Å²) in [5.41, 5.74) is 0.817. The minimum atomic E-state index is -3.35. The molecule has 1 amide bonds. The summed E-state index contributed by atoms with van der Waals surface area (Å²) in [7, 11) is -3.35. The molecule has 1 heterocycles. The van der Waals surface area contributed by atoms with Gasteiger partial charge < -0.3 is 15.2 Å². The van der Waals surface area contributed by atoms with Crippen LogP contribution in [-0.4, -0.2) is 61.7 Å². The molecule has 144 valence electrons. The second-order valence-corrected chi connectivity index (χ2v) is 8.21. The quantitative estimate of drug-likeness (QED) is 0.640. The average Bonchev–Trinajstić information content (AvgIpc) is 2.91. The number of nitrogens with one attached hydrogen (secondary N) is 1. The molecule has 1 aliphatic heterocycles. The molecule has 1 atom stereocenters. The lowest BCUT2D eigenvalue weighted by molar-refractivity contribution is -0.141. The van der Waals surface area contributed by atoms with Crippen molar-refractivity contribution < 1.29 is 27.9 Å². The van der Waals surface area contributed by atoms with Crippen molar-refractivity contribution in [1.82, 2.24) is 9.62 Å². The molecule has 1 unspecified atom stereocenters. The van der Waals surface area contributed by atoms with E-state index in [9.17, 15) is 23.1 Å². The van der Waals surface area contributed by atoms with Crippen LogP contribution < -0.4 is 10.1 Å². The summed E-state index contributed by atoms with van der Waals surface area (Å²) >= 11 is 0. The number of hydrogen-bond acceptors (Lipinski definition) is 5. The molecule has 0 aromatic heterocycles. The van der Waals surface area contributed by atoms with Crippen LogP contribution in [0.4, 0.5) is 0 Å². The van der Waals surface area contributed by atoms with Gasteiger partial charge in [0.15, 0.2) is 0 Å². The zero-order valence-corrected chi connectivity index (χ0v) is 15.5. The Morgan fingerprint density at radius 3 is 2.54 bits per heavy atom. The molecule has 1 aromatic rings. The number of carbonyl (C=O) groups excluding carboxylic acids is 1. The summed E-state index contributed by atoms with van der Waals surface area (Å²) in [5, 5.41) is 11.9. The number of aliphatic carboxylic acids is 1. The normalized spacial score (nSPS) is 17.6. The number of hydrogen-bond donors (Lipinski definition) is 2. The fourth-order valence-electron chi connectivity index (χ4n) is 2.74. The maximum Gasteiger partial charge on any atom is 0.308 e. The van der Waals surface area contributed by atoms with Gasteiger partial charge in [0.05, 0.1) is 24.8 Å². The van der Waals surface area contributed by atoms with Gasteiger partial charge in [-0.25, -0.2) is 8.42 Å². The van der Waals surface area contributed by atoms with Crippen molar-refractivity contribution in [2.24, 2.45) is 5.92 Å². The van der Waals surface area contributed by atoms with E-state index in [1.54, 1.807) is 24.3 Å². The van der Waals surface area contributed by atoms with Crippen molar-refractivity contribution in [1.29, 1.82) is 0 Å². The highest BCUT2D eigenvalue weighted by molar-refractivity contribution is 7.89. The Hall–Kier alpha value is -2.13. The Morgan fingerprint density at radius 1 is 1.31 bits per heavy atom. The Labute approximate surface area is 153 Å². The molecule has 0 radical (unpaired) electrons. The second-order valence-electron chi connectivity index (χ2n) is 6.12. The van der Waals surface area contributed by atoms with Gasteiger partial charge in [-0.2, -0.15) is 4.31 Å². The molecule has 2 N–H and O–H groups in total. The van der Waals surface area contributed by atoms with E-state index >= 15 is 0 Å². The van der Waals surface area contributed by atoms with E-state index < -0.39 is 27.8 Å². The van der Waals surface area contributed by atoms with Crippen molar-refractivity contribution in [2.45, 2.75) is 19.8 Å². The molecule has 8 nitrogen and oxygen atoms in total. The van der Waals surface area contributed by atoms with E-state index in [0.717, 1.165) is 9.87 Å². The highest BCUT2D eigenvalue weighted by atomic mass is 32.2. The van der Waals surface area contributed by atoms with Gasteiger partial charge in [0, 0.05) is 13.1 Å². The molecular weight excluding hydrogens is 360 g/mol. The highest BCUT2D eigenvalue weighted by Crippen LogP contribution is 2.16. The summed E-state index contributed by atoms with van der Waals surface area (Å²) in [6.07, 6.45) is 0.759. The molecule has 9 heteroatoms. The smallest absolute Gasteiger partial charge is 0.308 e. The number of nitrogens with zero attached hydrogens (tertiary/aromatic N) is 1. The lowest BCUT2D eigenvalue weighted by Crippen LogP contribution is -2.41. The van der Waals surface area contributed by atoms with Crippen molar-refractivity contribution in [2.75, 3.05) is 32.0 Å². The van der Waals surface area contributed by atoms with E-state index in [1.165, 1.54) is 0 Å². The third-order valence-electron chi connectivity index (χ3n) is 4.13. The third-order valence-corrected chi connectivity index (χ3v) is 6.04. The first kappa shape index (κ1) is 20.2. The molecule has 2 rings (SSSR count). The van der Waals surface area contributed by atoms with Gasteiger partial charge in [0.1, 0.15) is 5.75 Å². The van der Waals surface area contributed by atoms with Gasteiger partial charge in [-0.15, -0.1) is 0 Å². The van der Waals surface area contributed by atoms with Gasteiger partial charge >= 0.3 is 5.97 Å². The van der Waals surface area contributed by atoms with Gasteiger partial charge in [0.25, 0.3) is 0 Å². The molecule has 1 aliphatic rings. The predicted molar refractivity (Wildman–Crippen MR) is 95.4 cm³/mol. The number of carbonyl (C=O) groups is 2. The Morgan fingerprint density at radius 2 is 2.00 bits per heavy atom. The van der Waals surface area contributed by atoms with Crippen LogP contribution in [0.25, 0.3) is 0 Å². The third kappa shape index (κ3) is 5.70. The van der Waals surface area contributed by atoms with E-state index in [4.69, 9.17) is 4.74 Å². The first-order valence-electron chi connectivity index (χ1n) is 8.51. The van der Waals surface area contributed by atoms with Gasteiger partial charge in [-0.05, 0) is 37.5 Å². The number of amides is 1. The maximum atomic E-state index is 12.0. The van der Waals surface area contributed by atoms with Crippen LogP contribution in [0, 0.1) is 5.92 Å². The number of carboxylic acid groups (broad SMARTS) is 1. The van der Waals surface area contributed by atoms with E-state index in [-0.39, 0.29) is 25.3 Å². The standard InChI is InChI=1S/C17H24N2O6S/c1-2-25-15-6-4-13(5-7-15)10-14(17(21)22)11-18-16(20)12-19-8-3-9-26(19,23)24/h4-7,14H,2-3,8-12H2,1H3,(H,18,20)(H,21,22). The summed E-state index contributed by atoms with van der Waals surface area (Å²) in [6.45, 7) is 2.43. The molecule has 0 spiro atoms. The van der Waals surface area contributed by atoms with Crippen LogP contribution in [0.5, 0.6) is 5.75 Å². The summed E-state index contributed by atoms with van der Waals surface area (Å²) in [5.74, 6) is -1.55. The fraction of sp³-hybridized carbons (Fsp3) is 0.529. The van der Waals surface area contributed by atoms with Crippen molar-refractivity contribution in [3.63, 3.8) is 0 Å². The molecule has 0 bridgehead atoms. The zero-order valence-electron chi connectivity index (χ0n) is 14.7.